The van der Waals surface area contributed by atoms with Crippen LogP contribution in [0.25, 0.3) is 0 Å². The van der Waals surface area contributed by atoms with Crippen LogP contribution in [0.5, 0.6) is 0 Å². The zero-order valence-electron chi connectivity index (χ0n) is 13.1. The number of aryl methyl sites for hydroxylation is 1. The molecule has 1 aliphatic rings. The standard InChI is InChI=1S/C15H12ClFN4O2S2/c1-8-18-7-14(24-8)12-6-13(21(2)25(23)20-12)15(22)19-9-3-4-11(17)10(16)5-9/h3-7H,1-2H3,(H,19,22). The molecule has 1 atom stereocenters. The van der Waals surface area contributed by atoms with Gasteiger partial charge in [-0.3, -0.25) is 9.10 Å². The lowest BCUT2D eigenvalue weighted by Gasteiger charge is -2.22. The Labute approximate surface area is 154 Å². The molecule has 0 saturated carbocycles. The van der Waals surface area contributed by atoms with E-state index in [2.05, 4.69) is 14.7 Å². The molecule has 2 heterocycles. The summed E-state index contributed by atoms with van der Waals surface area (Å²) in [5.41, 5.74) is 0.910. The van der Waals surface area contributed by atoms with Gasteiger partial charge in [0.25, 0.3) is 5.91 Å². The monoisotopic (exact) mass is 398 g/mol. The quantitative estimate of drug-likeness (QED) is 0.863. The Kier molecular flexibility index (Phi) is 4.98. The number of nitrogens with one attached hydrogen (secondary N) is 1. The van der Waals surface area contributed by atoms with Crippen molar-refractivity contribution in [2.24, 2.45) is 4.40 Å². The fourth-order valence-corrected chi connectivity index (χ4v) is 3.77. The fraction of sp³-hybridized carbons (Fsp3) is 0.133. The van der Waals surface area contributed by atoms with Crippen molar-refractivity contribution in [3.63, 3.8) is 0 Å². The van der Waals surface area contributed by atoms with Gasteiger partial charge in [0.05, 0.1) is 20.6 Å². The highest BCUT2D eigenvalue weighted by Gasteiger charge is 2.25. The maximum absolute atomic E-state index is 13.2. The Morgan fingerprint density at radius 3 is 2.84 bits per heavy atom. The largest absolute Gasteiger partial charge is 0.321 e. The molecule has 1 N–H and O–H groups in total. The first kappa shape index (κ1) is 17.7. The lowest BCUT2D eigenvalue weighted by Crippen LogP contribution is -2.32. The predicted octanol–water partition coefficient (Wildman–Crippen LogP) is 3.08. The predicted molar refractivity (Wildman–Crippen MR) is 97.4 cm³/mol. The van der Waals surface area contributed by atoms with Crippen molar-refractivity contribution < 1.29 is 13.4 Å². The van der Waals surface area contributed by atoms with Crippen molar-refractivity contribution in [1.29, 1.82) is 0 Å². The van der Waals surface area contributed by atoms with Crippen LogP contribution < -0.4 is 5.32 Å². The number of allylic oxidation sites excluding steroid dienone is 1. The second kappa shape index (κ2) is 7.03. The van der Waals surface area contributed by atoms with Crippen LogP contribution in [0.1, 0.15) is 9.88 Å². The number of aromatic nitrogens is 1. The van der Waals surface area contributed by atoms with E-state index in [0.29, 0.717) is 16.3 Å². The third kappa shape index (κ3) is 3.78. The maximum atomic E-state index is 13.2. The van der Waals surface area contributed by atoms with Crippen LogP contribution >= 0.6 is 22.9 Å². The van der Waals surface area contributed by atoms with E-state index in [1.165, 1.54) is 40.9 Å². The summed E-state index contributed by atoms with van der Waals surface area (Å²) >= 11 is 5.37. The molecule has 2 aromatic rings. The minimum Gasteiger partial charge on any atom is -0.321 e. The summed E-state index contributed by atoms with van der Waals surface area (Å²) in [6.45, 7) is 1.84. The van der Waals surface area contributed by atoms with Crippen molar-refractivity contribution in [2.75, 3.05) is 12.4 Å². The van der Waals surface area contributed by atoms with E-state index in [1.54, 1.807) is 6.20 Å². The summed E-state index contributed by atoms with van der Waals surface area (Å²) in [4.78, 5) is 17.4. The molecule has 1 aliphatic heterocycles. The SMILES string of the molecule is Cc1ncc(C2=NS(=O)N(C)C(C(=O)Nc3ccc(F)c(Cl)c3)=C2)s1. The number of carbonyl (C=O) groups excluding carboxylic acids is 1. The molecule has 25 heavy (non-hydrogen) atoms. The maximum Gasteiger partial charge on any atom is 0.272 e. The van der Waals surface area contributed by atoms with E-state index in [-0.39, 0.29) is 10.7 Å². The van der Waals surface area contributed by atoms with Crippen LogP contribution in [0, 0.1) is 12.7 Å². The number of likely N-dealkylation sites (N-methyl/N-ethyl adjacent to an activating group) is 1. The summed E-state index contributed by atoms with van der Waals surface area (Å²) in [5, 5.41) is 3.34. The number of hydrogen-bond acceptors (Lipinski definition) is 4. The van der Waals surface area contributed by atoms with Gasteiger partial charge in [0.15, 0.2) is 0 Å². The number of benzene rings is 1. The molecule has 1 amide bonds. The van der Waals surface area contributed by atoms with E-state index < -0.39 is 22.9 Å². The average molecular weight is 399 g/mol. The van der Waals surface area contributed by atoms with Crippen LogP contribution in [-0.4, -0.2) is 32.2 Å². The van der Waals surface area contributed by atoms with Gasteiger partial charge in [-0.1, -0.05) is 11.6 Å². The molecule has 130 valence electrons. The fourth-order valence-electron chi connectivity index (χ4n) is 2.05. The topological polar surface area (TPSA) is 74.7 Å². The molecule has 0 spiro atoms. The summed E-state index contributed by atoms with van der Waals surface area (Å²) in [6.07, 6.45) is 3.15. The van der Waals surface area contributed by atoms with Gasteiger partial charge in [0.1, 0.15) is 11.5 Å². The lowest BCUT2D eigenvalue weighted by atomic mass is 10.2. The van der Waals surface area contributed by atoms with Gasteiger partial charge in [-0.05, 0) is 31.2 Å². The van der Waals surface area contributed by atoms with Gasteiger partial charge in [0, 0.05) is 18.9 Å². The second-order valence-electron chi connectivity index (χ2n) is 5.06. The number of thiazole rings is 1. The van der Waals surface area contributed by atoms with Gasteiger partial charge >= 0.3 is 0 Å². The molecule has 3 rings (SSSR count). The molecule has 1 aromatic carbocycles. The van der Waals surface area contributed by atoms with E-state index in [0.717, 1.165) is 11.1 Å². The van der Waals surface area contributed by atoms with Crippen LogP contribution in [0.4, 0.5) is 10.1 Å². The van der Waals surface area contributed by atoms with Crippen LogP contribution in [0.2, 0.25) is 5.02 Å². The summed E-state index contributed by atoms with van der Waals surface area (Å²) < 4.78 is 30.7. The normalized spacial score (nSPS) is 17.1. The third-order valence-corrected chi connectivity index (χ3v) is 5.55. The second-order valence-corrected chi connectivity index (χ2v) is 7.89. The van der Waals surface area contributed by atoms with Gasteiger partial charge < -0.3 is 5.32 Å². The highest BCUT2D eigenvalue weighted by atomic mass is 35.5. The van der Waals surface area contributed by atoms with E-state index >= 15 is 0 Å². The molecule has 6 nitrogen and oxygen atoms in total. The summed E-state index contributed by atoms with van der Waals surface area (Å²) in [6, 6.07) is 3.85. The Balaban J connectivity index is 1.89. The molecule has 0 bridgehead atoms. The zero-order chi connectivity index (χ0) is 18.1. The molecule has 0 aliphatic carbocycles. The first-order valence-electron chi connectivity index (χ1n) is 7.00. The Morgan fingerprint density at radius 1 is 1.44 bits per heavy atom. The molecular formula is C15H12ClFN4O2S2. The molecule has 1 aromatic heterocycles. The molecular weight excluding hydrogens is 387 g/mol. The third-order valence-electron chi connectivity index (χ3n) is 3.31. The summed E-state index contributed by atoms with van der Waals surface area (Å²) in [5.74, 6) is -1.09. The van der Waals surface area contributed by atoms with Crippen molar-refractivity contribution in [3.8, 4) is 0 Å². The highest BCUT2D eigenvalue weighted by Crippen LogP contribution is 2.23. The Morgan fingerprint density at radius 2 is 2.20 bits per heavy atom. The number of amides is 1. The van der Waals surface area contributed by atoms with E-state index in [9.17, 15) is 13.4 Å². The number of nitrogens with zero attached hydrogens (tertiary/aromatic N) is 3. The molecule has 0 saturated heterocycles. The first-order chi connectivity index (χ1) is 11.8. The Hall–Kier alpha value is -2.10. The van der Waals surface area contributed by atoms with Crippen molar-refractivity contribution in [2.45, 2.75) is 6.92 Å². The van der Waals surface area contributed by atoms with E-state index in [4.69, 9.17) is 11.6 Å². The van der Waals surface area contributed by atoms with Crippen LogP contribution in [0.15, 0.2) is 40.6 Å². The van der Waals surface area contributed by atoms with Crippen molar-refractivity contribution >= 4 is 51.4 Å². The lowest BCUT2D eigenvalue weighted by molar-refractivity contribution is -0.113. The van der Waals surface area contributed by atoms with Gasteiger partial charge in [-0.25, -0.2) is 13.6 Å². The molecule has 0 radical (unpaired) electrons. The van der Waals surface area contributed by atoms with Crippen molar-refractivity contribution in [3.05, 3.63) is 56.9 Å². The molecule has 0 fully saturated rings. The minimum absolute atomic E-state index is 0.102. The van der Waals surface area contributed by atoms with Crippen molar-refractivity contribution in [1.82, 2.24) is 9.29 Å². The average Bonchev–Trinajstić information content (AvgIpc) is 3.00. The number of hydrogen-bond donors (Lipinski definition) is 1. The first-order valence-corrected chi connectivity index (χ1v) is 9.26. The zero-order valence-corrected chi connectivity index (χ0v) is 15.5. The summed E-state index contributed by atoms with van der Waals surface area (Å²) in [7, 11) is 1.50. The van der Waals surface area contributed by atoms with E-state index in [1.807, 2.05) is 6.92 Å². The minimum atomic E-state index is -1.74. The number of halogens is 2. The number of anilines is 1. The molecule has 10 heteroatoms. The smallest absolute Gasteiger partial charge is 0.272 e. The van der Waals surface area contributed by atoms with Gasteiger partial charge in [0.2, 0.25) is 11.2 Å². The van der Waals surface area contributed by atoms with Gasteiger partial charge in [-0.2, -0.15) is 4.40 Å². The number of rotatable bonds is 3. The van der Waals surface area contributed by atoms with Crippen LogP contribution in [0.3, 0.4) is 0 Å². The van der Waals surface area contributed by atoms with Crippen LogP contribution in [-0.2, 0) is 16.0 Å². The van der Waals surface area contributed by atoms with Gasteiger partial charge in [-0.15, -0.1) is 11.3 Å². The Bertz CT molecular complexity index is 941. The molecule has 1 unspecified atom stereocenters. The number of carbonyl (C=O) groups is 1. The highest BCUT2D eigenvalue weighted by molar-refractivity contribution is 7.81.